The molecular weight excluding hydrogens is 248 g/mol. The van der Waals surface area contributed by atoms with Crippen LogP contribution in [0, 0.1) is 5.92 Å². The van der Waals surface area contributed by atoms with Gasteiger partial charge in [0.05, 0.1) is 0 Å². The van der Waals surface area contributed by atoms with Crippen molar-refractivity contribution in [3.63, 3.8) is 0 Å². The van der Waals surface area contributed by atoms with E-state index in [1.165, 1.54) is 45.1 Å². The molecule has 1 saturated carbocycles. The molecule has 0 aromatic rings. The van der Waals surface area contributed by atoms with E-state index in [-0.39, 0.29) is 0 Å². The van der Waals surface area contributed by atoms with Crippen LogP contribution in [0.15, 0.2) is 0 Å². The summed E-state index contributed by atoms with van der Waals surface area (Å²) in [5, 5.41) is 12.9. The minimum atomic E-state index is 0.311. The van der Waals surface area contributed by atoms with Gasteiger partial charge >= 0.3 is 0 Å². The standard InChI is InChI=1S/C17H36N2O/c1-4-11-18-17-10-7-5-6-9-16(17)14-19(15(2)3)12-8-13-20/h15-18,20H,4-14H2,1-3H3. The van der Waals surface area contributed by atoms with E-state index in [0.717, 1.165) is 25.4 Å². The smallest absolute Gasteiger partial charge is 0.0443 e. The molecule has 0 aromatic heterocycles. The van der Waals surface area contributed by atoms with E-state index >= 15 is 0 Å². The van der Waals surface area contributed by atoms with Crippen molar-refractivity contribution in [1.82, 2.24) is 10.2 Å². The van der Waals surface area contributed by atoms with Crippen LogP contribution in [0.3, 0.4) is 0 Å². The van der Waals surface area contributed by atoms with E-state index in [0.29, 0.717) is 18.7 Å². The fraction of sp³-hybridized carbons (Fsp3) is 1.00. The zero-order chi connectivity index (χ0) is 14.8. The quantitative estimate of drug-likeness (QED) is 0.639. The summed E-state index contributed by atoms with van der Waals surface area (Å²) in [6.45, 7) is 10.5. The van der Waals surface area contributed by atoms with Crippen LogP contribution in [-0.2, 0) is 0 Å². The minimum Gasteiger partial charge on any atom is -0.396 e. The Morgan fingerprint density at radius 1 is 1.20 bits per heavy atom. The molecule has 3 nitrogen and oxygen atoms in total. The van der Waals surface area contributed by atoms with Crippen molar-refractivity contribution in [3.05, 3.63) is 0 Å². The number of rotatable bonds is 9. The predicted molar refractivity (Wildman–Crippen MR) is 87.1 cm³/mol. The maximum atomic E-state index is 9.08. The van der Waals surface area contributed by atoms with E-state index < -0.39 is 0 Å². The average molecular weight is 284 g/mol. The van der Waals surface area contributed by atoms with Gasteiger partial charge in [0.2, 0.25) is 0 Å². The third kappa shape index (κ3) is 6.55. The second-order valence-electron chi connectivity index (χ2n) is 6.62. The van der Waals surface area contributed by atoms with Gasteiger partial charge in [0.25, 0.3) is 0 Å². The molecule has 1 aliphatic rings. The van der Waals surface area contributed by atoms with E-state index in [4.69, 9.17) is 5.11 Å². The summed E-state index contributed by atoms with van der Waals surface area (Å²) in [5.74, 6) is 0.783. The van der Waals surface area contributed by atoms with Gasteiger partial charge < -0.3 is 15.3 Å². The third-order valence-electron chi connectivity index (χ3n) is 4.62. The molecule has 2 N–H and O–H groups in total. The van der Waals surface area contributed by atoms with Crippen molar-refractivity contribution in [2.45, 2.75) is 77.8 Å². The minimum absolute atomic E-state index is 0.311. The molecule has 2 atom stereocenters. The molecule has 3 heteroatoms. The average Bonchev–Trinajstić information content (AvgIpc) is 2.66. The Morgan fingerprint density at radius 2 is 1.95 bits per heavy atom. The number of hydrogen-bond acceptors (Lipinski definition) is 3. The van der Waals surface area contributed by atoms with Gasteiger partial charge in [-0.3, -0.25) is 0 Å². The van der Waals surface area contributed by atoms with Crippen LogP contribution in [0.5, 0.6) is 0 Å². The highest BCUT2D eigenvalue weighted by Crippen LogP contribution is 2.25. The summed E-state index contributed by atoms with van der Waals surface area (Å²) in [6.07, 6.45) is 9.01. The van der Waals surface area contributed by atoms with Gasteiger partial charge in [-0.15, -0.1) is 0 Å². The normalized spacial score (nSPS) is 24.3. The predicted octanol–water partition coefficient (Wildman–Crippen LogP) is 3.03. The van der Waals surface area contributed by atoms with Gasteiger partial charge in [-0.2, -0.15) is 0 Å². The fourth-order valence-corrected chi connectivity index (χ4v) is 3.34. The molecule has 0 radical (unpaired) electrons. The molecule has 0 aromatic carbocycles. The lowest BCUT2D eigenvalue weighted by Gasteiger charge is -2.34. The lowest BCUT2D eigenvalue weighted by Crippen LogP contribution is -2.44. The van der Waals surface area contributed by atoms with E-state index in [2.05, 4.69) is 31.0 Å². The van der Waals surface area contributed by atoms with Gasteiger partial charge in [0, 0.05) is 31.8 Å². The topological polar surface area (TPSA) is 35.5 Å². The Kier molecular flexibility index (Phi) is 9.49. The molecule has 0 heterocycles. The van der Waals surface area contributed by atoms with E-state index in [9.17, 15) is 0 Å². The van der Waals surface area contributed by atoms with Gasteiger partial charge in [0.15, 0.2) is 0 Å². The molecule has 1 fully saturated rings. The third-order valence-corrected chi connectivity index (χ3v) is 4.62. The number of nitrogens with zero attached hydrogens (tertiary/aromatic N) is 1. The van der Waals surface area contributed by atoms with Crippen LogP contribution in [0.2, 0.25) is 0 Å². The highest BCUT2D eigenvalue weighted by Gasteiger charge is 2.25. The monoisotopic (exact) mass is 284 g/mol. The molecule has 20 heavy (non-hydrogen) atoms. The highest BCUT2D eigenvalue weighted by molar-refractivity contribution is 4.82. The first-order valence-corrected chi connectivity index (χ1v) is 8.77. The lowest BCUT2D eigenvalue weighted by molar-refractivity contribution is 0.147. The molecule has 0 saturated heterocycles. The van der Waals surface area contributed by atoms with E-state index in [1.54, 1.807) is 0 Å². The molecule has 0 bridgehead atoms. The SMILES string of the molecule is CCCNC1CCCCCC1CN(CCCO)C(C)C. The molecule has 0 amide bonds. The molecule has 1 rings (SSSR count). The number of aliphatic hydroxyl groups excluding tert-OH is 1. The maximum absolute atomic E-state index is 9.08. The van der Waals surface area contributed by atoms with Gasteiger partial charge in [-0.05, 0) is 52.0 Å². The van der Waals surface area contributed by atoms with Crippen LogP contribution < -0.4 is 5.32 Å². The summed E-state index contributed by atoms with van der Waals surface area (Å²) >= 11 is 0. The number of hydrogen-bond donors (Lipinski definition) is 2. The Bertz CT molecular complexity index is 233. The van der Waals surface area contributed by atoms with Crippen molar-refractivity contribution in [2.75, 3.05) is 26.2 Å². The molecule has 2 unspecified atom stereocenters. The Balaban J connectivity index is 2.56. The summed E-state index contributed by atoms with van der Waals surface area (Å²) in [6, 6.07) is 1.28. The van der Waals surface area contributed by atoms with Crippen molar-refractivity contribution in [3.8, 4) is 0 Å². The van der Waals surface area contributed by atoms with Crippen LogP contribution in [0.25, 0.3) is 0 Å². The van der Waals surface area contributed by atoms with Crippen LogP contribution in [0.4, 0.5) is 0 Å². The number of nitrogens with one attached hydrogen (secondary N) is 1. The largest absolute Gasteiger partial charge is 0.396 e. The molecule has 120 valence electrons. The summed E-state index contributed by atoms with van der Waals surface area (Å²) in [7, 11) is 0. The fourth-order valence-electron chi connectivity index (χ4n) is 3.34. The van der Waals surface area contributed by atoms with Crippen molar-refractivity contribution in [2.24, 2.45) is 5.92 Å². The van der Waals surface area contributed by atoms with E-state index in [1.807, 2.05) is 0 Å². The first kappa shape index (κ1) is 17.9. The second kappa shape index (κ2) is 10.6. The Labute approximate surface area is 126 Å². The van der Waals surface area contributed by atoms with Crippen LogP contribution >= 0.6 is 0 Å². The first-order chi connectivity index (χ1) is 9.69. The van der Waals surface area contributed by atoms with Crippen LogP contribution in [0.1, 0.15) is 65.7 Å². The summed E-state index contributed by atoms with van der Waals surface area (Å²) < 4.78 is 0. The molecule has 0 aliphatic heterocycles. The first-order valence-electron chi connectivity index (χ1n) is 8.77. The van der Waals surface area contributed by atoms with Gasteiger partial charge in [0.1, 0.15) is 0 Å². The van der Waals surface area contributed by atoms with Crippen molar-refractivity contribution in [1.29, 1.82) is 0 Å². The molecular formula is C17H36N2O. The Hall–Kier alpha value is -0.120. The Morgan fingerprint density at radius 3 is 2.60 bits per heavy atom. The maximum Gasteiger partial charge on any atom is 0.0443 e. The van der Waals surface area contributed by atoms with Crippen LogP contribution in [-0.4, -0.2) is 48.3 Å². The second-order valence-corrected chi connectivity index (χ2v) is 6.62. The summed E-state index contributed by atoms with van der Waals surface area (Å²) in [4.78, 5) is 2.56. The molecule has 0 spiro atoms. The zero-order valence-corrected chi connectivity index (χ0v) is 13.9. The lowest BCUT2D eigenvalue weighted by atomic mass is 9.93. The zero-order valence-electron chi connectivity index (χ0n) is 13.9. The van der Waals surface area contributed by atoms with Gasteiger partial charge in [-0.1, -0.05) is 26.2 Å². The number of aliphatic hydroxyl groups is 1. The van der Waals surface area contributed by atoms with Crippen molar-refractivity contribution >= 4 is 0 Å². The molecule has 1 aliphatic carbocycles. The van der Waals surface area contributed by atoms with Gasteiger partial charge in [-0.25, -0.2) is 0 Å². The van der Waals surface area contributed by atoms with Crippen molar-refractivity contribution < 1.29 is 5.11 Å². The highest BCUT2D eigenvalue weighted by atomic mass is 16.3. The summed E-state index contributed by atoms with van der Waals surface area (Å²) in [5.41, 5.74) is 0.